The van der Waals surface area contributed by atoms with Crippen LogP contribution < -0.4 is 10.1 Å². The van der Waals surface area contributed by atoms with Gasteiger partial charge in [0.15, 0.2) is 6.04 Å². The van der Waals surface area contributed by atoms with E-state index in [1.807, 2.05) is 6.92 Å². The fraction of sp³-hybridized carbons (Fsp3) is 0.222. The number of esters is 1. The van der Waals surface area contributed by atoms with E-state index in [9.17, 15) is 9.59 Å². The topological polar surface area (TPSA) is 64.6 Å². The molecule has 0 heterocycles. The van der Waals surface area contributed by atoms with Crippen LogP contribution in [0, 0.1) is 6.92 Å². The summed E-state index contributed by atoms with van der Waals surface area (Å²) in [6, 6.07) is 11.3. The highest BCUT2D eigenvalue weighted by Gasteiger charge is 2.24. The van der Waals surface area contributed by atoms with Crippen LogP contribution in [0.2, 0.25) is 0 Å². The lowest BCUT2D eigenvalue weighted by Gasteiger charge is -2.17. The van der Waals surface area contributed by atoms with Crippen molar-refractivity contribution in [2.24, 2.45) is 0 Å². The summed E-state index contributed by atoms with van der Waals surface area (Å²) in [5, 5.41) is 2.71. The maximum Gasteiger partial charge on any atom is 0.333 e. The number of hydrogen-bond donors (Lipinski definition) is 1. The van der Waals surface area contributed by atoms with Crippen molar-refractivity contribution in [1.29, 1.82) is 0 Å². The van der Waals surface area contributed by atoms with Crippen molar-refractivity contribution in [2.45, 2.75) is 13.0 Å². The molecule has 1 atom stereocenters. The third-order valence-corrected chi connectivity index (χ3v) is 4.11. The Balaban J connectivity index is 2.27. The Morgan fingerprint density at radius 1 is 1.08 bits per heavy atom. The number of carbonyl (C=O) groups is 2. The average molecular weight is 392 g/mol. The lowest BCUT2D eigenvalue weighted by molar-refractivity contribution is -0.143. The van der Waals surface area contributed by atoms with Crippen LogP contribution in [0.3, 0.4) is 0 Å². The third-order valence-electron chi connectivity index (χ3n) is 3.59. The zero-order chi connectivity index (χ0) is 17.7. The molecular formula is C18H18BrNO4. The molecular weight excluding hydrogens is 374 g/mol. The molecule has 1 unspecified atom stereocenters. The molecule has 2 aromatic carbocycles. The fourth-order valence-corrected chi connectivity index (χ4v) is 2.49. The first-order valence-electron chi connectivity index (χ1n) is 7.25. The number of aryl methyl sites for hydroxylation is 1. The molecule has 0 bridgehead atoms. The number of amides is 1. The smallest absolute Gasteiger partial charge is 0.333 e. The van der Waals surface area contributed by atoms with Gasteiger partial charge in [-0.25, -0.2) is 4.79 Å². The average Bonchev–Trinajstić information content (AvgIpc) is 2.60. The molecule has 0 aliphatic rings. The molecule has 0 saturated heterocycles. The summed E-state index contributed by atoms with van der Waals surface area (Å²) in [5.74, 6) is -0.308. The summed E-state index contributed by atoms with van der Waals surface area (Å²) in [5.41, 5.74) is 1.97. The molecule has 1 N–H and O–H groups in total. The van der Waals surface area contributed by atoms with Gasteiger partial charge in [-0.05, 0) is 42.3 Å². The van der Waals surface area contributed by atoms with Crippen LogP contribution in [0.5, 0.6) is 5.75 Å². The van der Waals surface area contributed by atoms with Crippen molar-refractivity contribution in [1.82, 2.24) is 5.32 Å². The first kappa shape index (κ1) is 18.0. The maximum absolute atomic E-state index is 12.5. The van der Waals surface area contributed by atoms with Crippen molar-refractivity contribution >= 4 is 27.8 Å². The lowest BCUT2D eigenvalue weighted by atomic mass is 10.1. The molecule has 2 aromatic rings. The van der Waals surface area contributed by atoms with Gasteiger partial charge in [0.25, 0.3) is 5.91 Å². The number of carbonyl (C=O) groups excluding carboxylic acids is 2. The summed E-state index contributed by atoms with van der Waals surface area (Å²) in [6.45, 7) is 1.89. The van der Waals surface area contributed by atoms with E-state index in [2.05, 4.69) is 21.2 Å². The van der Waals surface area contributed by atoms with Gasteiger partial charge in [0.1, 0.15) is 5.75 Å². The van der Waals surface area contributed by atoms with Crippen LogP contribution in [0.4, 0.5) is 0 Å². The molecule has 126 valence electrons. The van der Waals surface area contributed by atoms with E-state index >= 15 is 0 Å². The van der Waals surface area contributed by atoms with Gasteiger partial charge < -0.3 is 14.8 Å². The highest BCUT2D eigenvalue weighted by Crippen LogP contribution is 2.21. The lowest BCUT2D eigenvalue weighted by Crippen LogP contribution is -2.34. The molecule has 5 nitrogen and oxygen atoms in total. The first-order chi connectivity index (χ1) is 11.5. The summed E-state index contributed by atoms with van der Waals surface area (Å²) in [6.07, 6.45) is 0. The van der Waals surface area contributed by atoms with Crippen molar-refractivity contribution in [2.75, 3.05) is 14.2 Å². The molecule has 0 aliphatic carbocycles. The summed E-state index contributed by atoms with van der Waals surface area (Å²) >= 11 is 3.34. The van der Waals surface area contributed by atoms with E-state index in [0.29, 0.717) is 16.9 Å². The van der Waals surface area contributed by atoms with Crippen molar-refractivity contribution in [3.63, 3.8) is 0 Å². The SMILES string of the molecule is COC(=O)C(NC(=O)c1ccc(C)c(OC)c1)c1ccc(Br)cc1. The van der Waals surface area contributed by atoms with Crippen molar-refractivity contribution < 1.29 is 19.1 Å². The number of hydrogen-bond acceptors (Lipinski definition) is 4. The molecule has 0 spiro atoms. The van der Waals surface area contributed by atoms with Crippen LogP contribution in [0.25, 0.3) is 0 Å². The molecule has 0 fully saturated rings. The van der Waals surface area contributed by atoms with Gasteiger partial charge in [-0.2, -0.15) is 0 Å². The van der Waals surface area contributed by atoms with Crippen LogP contribution in [0.15, 0.2) is 46.9 Å². The summed E-state index contributed by atoms with van der Waals surface area (Å²) in [4.78, 5) is 24.6. The molecule has 24 heavy (non-hydrogen) atoms. The minimum absolute atomic E-state index is 0.383. The molecule has 6 heteroatoms. The van der Waals surface area contributed by atoms with Crippen LogP contribution in [-0.2, 0) is 9.53 Å². The normalized spacial score (nSPS) is 11.5. The number of benzene rings is 2. The largest absolute Gasteiger partial charge is 0.496 e. The highest BCUT2D eigenvalue weighted by molar-refractivity contribution is 9.10. The fourth-order valence-electron chi connectivity index (χ4n) is 2.23. The van der Waals surface area contributed by atoms with E-state index < -0.39 is 12.0 Å². The zero-order valence-electron chi connectivity index (χ0n) is 13.6. The summed E-state index contributed by atoms with van der Waals surface area (Å²) in [7, 11) is 2.83. The Labute approximate surface area is 149 Å². The number of methoxy groups -OCH3 is 2. The van der Waals surface area contributed by atoms with Gasteiger partial charge >= 0.3 is 5.97 Å². The minimum atomic E-state index is -0.886. The second-order valence-corrected chi connectivity index (χ2v) is 6.08. The van der Waals surface area contributed by atoms with Crippen molar-refractivity contribution in [3.05, 3.63) is 63.6 Å². The van der Waals surface area contributed by atoms with E-state index in [1.165, 1.54) is 7.11 Å². The Morgan fingerprint density at radius 2 is 1.75 bits per heavy atom. The molecule has 0 radical (unpaired) electrons. The van der Waals surface area contributed by atoms with E-state index in [-0.39, 0.29) is 5.91 Å². The number of halogens is 1. The van der Waals surface area contributed by atoms with Gasteiger partial charge in [-0.15, -0.1) is 0 Å². The van der Waals surface area contributed by atoms with Gasteiger partial charge in [0.2, 0.25) is 0 Å². The summed E-state index contributed by atoms with van der Waals surface area (Å²) < 4.78 is 10.9. The first-order valence-corrected chi connectivity index (χ1v) is 8.04. The van der Waals surface area contributed by atoms with Gasteiger partial charge in [0.05, 0.1) is 14.2 Å². The molecule has 1 amide bonds. The van der Waals surface area contributed by atoms with Gasteiger partial charge in [-0.1, -0.05) is 34.1 Å². The predicted octanol–water partition coefficient (Wildman–Crippen LogP) is 3.41. The Morgan fingerprint density at radius 3 is 2.33 bits per heavy atom. The Hall–Kier alpha value is -2.34. The van der Waals surface area contributed by atoms with Gasteiger partial charge in [0, 0.05) is 10.0 Å². The van der Waals surface area contributed by atoms with E-state index in [4.69, 9.17) is 9.47 Å². The van der Waals surface area contributed by atoms with Gasteiger partial charge in [-0.3, -0.25) is 4.79 Å². The molecule has 2 rings (SSSR count). The highest BCUT2D eigenvalue weighted by atomic mass is 79.9. The van der Waals surface area contributed by atoms with Crippen LogP contribution >= 0.6 is 15.9 Å². The number of rotatable bonds is 5. The predicted molar refractivity (Wildman–Crippen MR) is 94.1 cm³/mol. The monoisotopic (exact) mass is 391 g/mol. The molecule has 0 saturated carbocycles. The van der Waals surface area contributed by atoms with E-state index in [0.717, 1.165) is 10.0 Å². The third kappa shape index (κ3) is 4.14. The van der Waals surface area contributed by atoms with Crippen LogP contribution in [0.1, 0.15) is 27.5 Å². The maximum atomic E-state index is 12.5. The molecule has 0 aliphatic heterocycles. The van der Waals surface area contributed by atoms with E-state index in [1.54, 1.807) is 49.6 Å². The van der Waals surface area contributed by atoms with Crippen molar-refractivity contribution in [3.8, 4) is 5.75 Å². The Kier molecular flexibility index (Phi) is 5.98. The Bertz CT molecular complexity index is 743. The standard InChI is InChI=1S/C18H18BrNO4/c1-11-4-5-13(10-15(11)23-2)17(21)20-16(18(22)24-3)12-6-8-14(19)9-7-12/h4-10,16H,1-3H3,(H,20,21). The number of nitrogens with one attached hydrogen (secondary N) is 1. The number of ether oxygens (including phenoxy) is 2. The second kappa shape index (κ2) is 7.97. The van der Waals surface area contributed by atoms with Crippen LogP contribution in [-0.4, -0.2) is 26.1 Å². The second-order valence-electron chi connectivity index (χ2n) is 5.17. The quantitative estimate of drug-likeness (QED) is 0.793. The zero-order valence-corrected chi connectivity index (χ0v) is 15.2. The molecule has 0 aromatic heterocycles. The minimum Gasteiger partial charge on any atom is -0.496 e.